The summed E-state index contributed by atoms with van der Waals surface area (Å²) < 4.78 is 9.00. The number of fused-ring (bicyclic) bond motifs is 4. The number of pyridine rings is 1. The van der Waals surface area contributed by atoms with Gasteiger partial charge in [-0.15, -0.1) is 48.1 Å². The van der Waals surface area contributed by atoms with Gasteiger partial charge < -0.3 is 19.1 Å². The number of aryl methyl sites for hydroxylation is 2. The molecule has 2 aromatic heterocycles. The van der Waals surface area contributed by atoms with Crippen molar-refractivity contribution in [3.8, 4) is 17.3 Å². The Morgan fingerprint density at radius 3 is 1.66 bits per heavy atom. The van der Waals surface area contributed by atoms with E-state index >= 15 is 0 Å². The standard InChI is InChI=1S/C64H63N4O.Pt/c1-42-32-58-59(33-43(42)2)67(51-35-48(63(9,10)44-20-15-13-16-21-44)34-49(36-51)64(11,12)45-22-17-14-18-23-45)41-66(58)50-24-19-25-52(39-50)69-53-27-28-54-55-37-46(61(3,4)5)26-29-56(55)68(57(54)40-53)60-38-47(30-31-65-60)62(6,7)8;/h13-38,41H,1-12H3;/q-3;. The molecule has 1 aliphatic heterocycles. The summed E-state index contributed by atoms with van der Waals surface area (Å²) in [7, 11) is 0. The number of benzene rings is 7. The molecule has 0 aliphatic carbocycles. The second-order valence-electron chi connectivity index (χ2n) is 22.1. The van der Waals surface area contributed by atoms with E-state index in [9.17, 15) is 0 Å². The van der Waals surface area contributed by atoms with Crippen LogP contribution in [0.3, 0.4) is 0 Å². The van der Waals surface area contributed by atoms with Crippen LogP contribution < -0.4 is 14.5 Å². The molecule has 5 nitrogen and oxygen atoms in total. The molecule has 0 saturated carbocycles. The average molecular weight is 1100 g/mol. The van der Waals surface area contributed by atoms with E-state index in [1.165, 1.54) is 49.9 Å². The van der Waals surface area contributed by atoms with Crippen LogP contribution >= 0.6 is 0 Å². The van der Waals surface area contributed by atoms with Gasteiger partial charge in [-0.05, 0) is 117 Å². The average Bonchev–Trinajstić information content (AvgIpc) is 3.86. The van der Waals surface area contributed by atoms with Crippen molar-refractivity contribution in [2.24, 2.45) is 0 Å². The van der Waals surface area contributed by atoms with E-state index in [0.717, 1.165) is 45.0 Å². The zero-order chi connectivity index (χ0) is 48.6. The summed E-state index contributed by atoms with van der Waals surface area (Å²) >= 11 is 0. The van der Waals surface area contributed by atoms with Gasteiger partial charge >= 0.3 is 0 Å². The molecule has 3 heterocycles. The van der Waals surface area contributed by atoms with E-state index < -0.39 is 0 Å². The summed E-state index contributed by atoms with van der Waals surface area (Å²) in [5.74, 6) is 2.06. The van der Waals surface area contributed by atoms with E-state index in [1.54, 1.807) is 0 Å². The van der Waals surface area contributed by atoms with E-state index in [2.05, 4.69) is 250 Å². The first-order valence-corrected chi connectivity index (χ1v) is 24.3. The van der Waals surface area contributed by atoms with Crippen LogP contribution in [-0.4, -0.2) is 9.55 Å². The van der Waals surface area contributed by atoms with Crippen molar-refractivity contribution in [2.75, 3.05) is 9.80 Å². The molecule has 9 aromatic rings. The minimum Gasteiger partial charge on any atom is -0.509 e. The van der Waals surface area contributed by atoms with Crippen molar-refractivity contribution in [1.29, 1.82) is 0 Å². The second kappa shape index (κ2) is 18.1. The van der Waals surface area contributed by atoms with Gasteiger partial charge in [-0.1, -0.05) is 154 Å². The van der Waals surface area contributed by atoms with E-state index in [1.807, 2.05) is 24.4 Å². The number of aromatic nitrogens is 2. The summed E-state index contributed by atoms with van der Waals surface area (Å²) in [4.78, 5) is 9.54. The molecule has 70 heavy (non-hydrogen) atoms. The van der Waals surface area contributed by atoms with E-state index in [0.29, 0.717) is 11.5 Å². The van der Waals surface area contributed by atoms with Gasteiger partial charge in [-0.2, -0.15) is 12.1 Å². The van der Waals surface area contributed by atoms with Crippen molar-refractivity contribution in [2.45, 2.75) is 105 Å². The monoisotopic (exact) mass is 1100 g/mol. The van der Waals surface area contributed by atoms with Crippen LogP contribution in [0.4, 0.5) is 22.7 Å². The van der Waals surface area contributed by atoms with Gasteiger partial charge in [-0.3, -0.25) is 0 Å². The Kier molecular flexibility index (Phi) is 12.5. The molecule has 0 unspecified atom stereocenters. The SMILES string of the molecule is Cc1cc2c(cc1C)N(c1cc(C(C)(C)c3ccccc3)cc(C(C)(C)c3ccccc3)c1)[CH-]N2c1[c-]c(Oc2[c-]c3c(cc2)c2cc(C(C)(C)C)ccc2n3-c2cc(C(C)(C)C)ccn2)ccc1.[Pt]. The Morgan fingerprint density at radius 1 is 0.486 bits per heavy atom. The molecule has 7 aromatic carbocycles. The maximum Gasteiger partial charge on any atom is 0.135 e. The largest absolute Gasteiger partial charge is 0.509 e. The van der Waals surface area contributed by atoms with Crippen LogP contribution in [0.2, 0.25) is 0 Å². The number of ether oxygens (including phenoxy) is 1. The first-order chi connectivity index (χ1) is 32.8. The second-order valence-corrected chi connectivity index (χ2v) is 22.1. The molecule has 0 bridgehead atoms. The summed E-state index contributed by atoms with van der Waals surface area (Å²) in [6.07, 6.45) is 1.92. The fourth-order valence-corrected chi connectivity index (χ4v) is 9.77. The third-order valence-corrected chi connectivity index (χ3v) is 14.6. The predicted octanol–water partition coefficient (Wildman–Crippen LogP) is 16.8. The Morgan fingerprint density at radius 2 is 1.06 bits per heavy atom. The summed E-state index contributed by atoms with van der Waals surface area (Å²) in [6, 6.07) is 62.3. The molecule has 0 atom stereocenters. The molecule has 0 N–H and O–H groups in total. The molecule has 0 fully saturated rings. The van der Waals surface area contributed by atoms with Crippen LogP contribution in [0.5, 0.6) is 11.5 Å². The van der Waals surface area contributed by atoms with Gasteiger partial charge in [0, 0.05) is 72.2 Å². The van der Waals surface area contributed by atoms with E-state index in [4.69, 9.17) is 9.72 Å². The maximum absolute atomic E-state index is 6.76. The van der Waals surface area contributed by atoms with Gasteiger partial charge in [0.15, 0.2) is 0 Å². The summed E-state index contributed by atoms with van der Waals surface area (Å²) in [6.45, 7) is 29.4. The van der Waals surface area contributed by atoms with Crippen molar-refractivity contribution < 1.29 is 25.8 Å². The molecule has 6 heteroatoms. The van der Waals surface area contributed by atoms with Crippen LogP contribution in [-0.2, 0) is 42.7 Å². The van der Waals surface area contributed by atoms with Gasteiger partial charge in [-0.25, -0.2) is 4.98 Å². The van der Waals surface area contributed by atoms with Crippen LogP contribution in [0, 0.1) is 32.6 Å². The van der Waals surface area contributed by atoms with Gasteiger partial charge in [0.2, 0.25) is 0 Å². The Hall–Kier alpha value is -6.42. The van der Waals surface area contributed by atoms with Crippen molar-refractivity contribution >= 4 is 44.6 Å². The fourth-order valence-electron chi connectivity index (χ4n) is 9.77. The first-order valence-electron chi connectivity index (χ1n) is 24.3. The van der Waals surface area contributed by atoms with Crippen molar-refractivity contribution in [3.63, 3.8) is 0 Å². The van der Waals surface area contributed by atoms with Gasteiger partial charge in [0.05, 0.1) is 0 Å². The number of anilines is 4. The number of nitrogens with zero attached hydrogens (tertiary/aromatic N) is 4. The molecule has 1 aliphatic rings. The van der Waals surface area contributed by atoms with Gasteiger partial charge in [0.1, 0.15) is 5.82 Å². The molecular formula is C64H63N4OPt-3. The molecule has 0 spiro atoms. The normalized spacial score (nSPS) is 13.2. The van der Waals surface area contributed by atoms with Crippen LogP contribution in [0.25, 0.3) is 27.6 Å². The summed E-state index contributed by atoms with van der Waals surface area (Å²) in [5, 5.41) is 2.27. The molecule has 358 valence electrons. The zero-order valence-electron chi connectivity index (χ0n) is 42.6. The molecule has 0 radical (unpaired) electrons. The third kappa shape index (κ3) is 8.87. The van der Waals surface area contributed by atoms with E-state index in [-0.39, 0.29) is 42.7 Å². The van der Waals surface area contributed by atoms with Crippen LogP contribution in [0.15, 0.2) is 158 Å². The fraction of sp³-hybridized carbons (Fsp3) is 0.250. The Balaban J connectivity index is 0.00000608. The molecule has 0 saturated heterocycles. The number of rotatable bonds is 9. The Labute approximate surface area is 430 Å². The third-order valence-electron chi connectivity index (χ3n) is 14.6. The van der Waals surface area contributed by atoms with Crippen LogP contribution in [0.1, 0.15) is 114 Å². The van der Waals surface area contributed by atoms with Gasteiger partial charge in [0.25, 0.3) is 0 Å². The molecule has 10 rings (SSSR count). The quantitative estimate of drug-likeness (QED) is 0.135. The topological polar surface area (TPSA) is 33.5 Å². The number of hydrogen-bond acceptors (Lipinski definition) is 4. The summed E-state index contributed by atoms with van der Waals surface area (Å²) in [5.41, 5.74) is 15.6. The minimum absolute atomic E-state index is 0. The smallest absolute Gasteiger partial charge is 0.135 e. The first kappa shape index (κ1) is 48.6. The van der Waals surface area contributed by atoms with Crippen molar-refractivity contribution in [1.82, 2.24) is 9.55 Å². The Bertz CT molecular complexity index is 3320. The molecular weight excluding hydrogens is 1040 g/mol. The minimum atomic E-state index is -0.263. The van der Waals surface area contributed by atoms with Crippen molar-refractivity contribution in [3.05, 3.63) is 221 Å². The molecule has 0 amide bonds. The predicted molar refractivity (Wildman–Crippen MR) is 288 cm³/mol. The maximum atomic E-state index is 6.76. The number of hydrogen-bond donors (Lipinski definition) is 0. The zero-order valence-corrected chi connectivity index (χ0v) is 44.9.